The molecule has 0 aliphatic heterocycles. The Hall–Kier alpha value is -3.46. The molecule has 1 heterocycles. The fraction of sp³-hybridized carbons (Fsp3) is 0.148. The van der Waals surface area contributed by atoms with Crippen LogP contribution in [0.5, 0.6) is 0 Å². The van der Waals surface area contributed by atoms with E-state index in [9.17, 15) is 4.39 Å². The van der Waals surface area contributed by atoms with Crippen molar-refractivity contribution in [2.75, 3.05) is 0 Å². The van der Waals surface area contributed by atoms with E-state index in [1.807, 2.05) is 31.5 Å². The van der Waals surface area contributed by atoms with Crippen LogP contribution in [0.25, 0.3) is 21.9 Å². The molecule has 0 amide bonds. The smallest absolute Gasteiger partial charge is 0.127 e. The van der Waals surface area contributed by atoms with Gasteiger partial charge in [-0.05, 0) is 46.7 Å². The molecule has 0 aliphatic carbocycles. The maximum absolute atomic E-state index is 14.1. The zero-order chi connectivity index (χ0) is 21.1. The molecule has 0 saturated carbocycles. The number of aromatic nitrogens is 1. The van der Waals surface area contributed by atoms with Gasteiger partial charge in [0.1, 0.15) is 5.82 Å². The molecular formula is C27H25FN2. The lowest BCUT2D eigenvalue weighted by molar-refractivity contribution is 0.593. The normalized spacial score (nSPS) is 12.0. The van der Waals surface area contributed by atoms with Crippen LogP contribution >= 0.6 is 0 Å². The molecule has 0 fully saturated rings. The van der Waals surface area contributed by atoms with Crippen molar-refractivity contribution in [3.63, 3.8) is 0 Å². The molecule has 30 heavy (non-hydrogen) atoms. The first-order valence-electron chi connectivity index (χ1n) is 10.1. The lowest BCUT2D eigenvalue weighted by Crippen LogP contribution is -2.17. The highest BCUT2D eigenvalue weighted by atomic mass is 19.1. The number of hydrogen-bond donors (Lipinski definition) is 1. The topological polar surface area (TPSA) is 24.9 Å². The van der Waals surface area contributed by atoms with E-state index in [0.717, 1.165) is 16.6 Å². The Labute approximate surface area is 177 Å². The summed E-state index contributed by atoms with van der Waals surface area (Å²) in [6, 6.07) is 21.7. The summed E-state index contributed by atoms with van der Waals surface area (Å²) in [5, 5.41) is 5.67. The number of rotatable bonds is 6. The van der Waals surface area contributed by atoms with E-state index in [2.05, 4.69) is 66.3 Å². The van der Waals surface area contributed by atoms with E-state index in [1.165, 1.54) is 28.1 Å². The monoisotopic (exact) mass is 396 g/mol. The van der Waals surface area contributed by atoms with Crippen LogP contribution in [-0.4, -0.2) is 4.98 Å². The molecule has 0 radical (unpaired) electrons. The largest absolute Gasteiger partial charge is 0.384 e. The van der Waals surface area contributed by atoms with Crippen LogP contribution in [0.3, 0.4) is 0 Å². The summed E-state index contributed by atoms with van der Waals surface area (Å²) in [5.41, 5.74) is 6.20. The fourth-order valence-electron chi connectivity index (χ4n) is 3.84. The molecule has 1 aromatic heterocycles. The first kappa shape index (κ1) is 19.8. The molecule has 0 saturated heterocycles. The van der Waals surface area contributed by atoms with Crippen molar-refractivity contribution in [3.05, 3.63) is 114 Å². The highest BCUT2D eigenvalue weighted by Crippen LogP contribution is 2.31. The number of pyridine rings is 1. The van der Waals surface area contributed by atoms with Gasteiger partial charge in [-0.2, -0.15) is 0 Å². The highest BCUT2D eigenvalue weighted by molar-refractivity contribution is 5.98. The maximum Gasteiger partial charge on any atom is 0.127 e. The van der Waals surface area contributed by atoms with Gasteiger partial charge in [0.05, 0.1) is 0 Å². The van der Waals surface area contributed by atoms with Gasteiger partial charge in [0.25, 0.3) is 0 Å². The standard InChI is InChI=1S/C27H25FN2/c1-18-7-6-8-21(15-18)24-12-11-22(26-17-29-14-13-25(24)26)16-30-20(3)19(2)23-9-4-5-10-27(23)28/h4-15,17,19,30H,3,16H2,1-2H3. The van der Waals surface area contributed by atoms with E-state index < -0.39 is 0 Å². The summed E-state index contributed by atoms with van der Waals surface area (Å²) in [5.74, 6) is -0.327. The minimum Gasteiger partial charge on any atom is -0.384 e. The third-order valence-electron chi connectivity index (χ3n) is 5.64. The van der Waals surface area contributed by atoms with Crippen LogP contribution in [0.1, 0.15) is 29.5 Å². The molecule has 3 aromatic carbocycles. The Morgan fingerprint density at radius 2 is 1.87 bits per heavy atom. The van der Waals surface area contributed by atoms with Crippen LogP contribution in [0.15, 0.2) is 91.4 Å². The van der Waals surface area contributed by atoms with Gasteiger partial charge in [0, 0.05) is 35.9 Å². The lowest BCUT2D eigenvalue weighted by Gasteiger charge is -2.19. The summed E-state index contributed by atoms with van der Waals surface area (Å²) in [6.07, 6.45) is 3.74. The average molecular weight is 397 g/mol. The second-order valence-corrected chi connectivity index (χ2v) is 7.68. The number of benzene rings is 3. The molecule has 0 bridgehead atoms. The van der Waals surface area contributed by atoms with Crippen LogP contribution in [0.4, 0.5) is 4.39 Å². The molecule has 1 N–H and O–H groups in total. The zero-order valence-electron chi connectivity index (χ0n) is 17.3. The number of halogens is 1. The van der Waals surface area contributed by atoms with E-state index in [1.54, 1.807) is 6.07 Å². The number of hydrogen-bond acceptors (Lipinski definition) is 2. The van der Waals surface area contributed by atoms with Crippen molar-refractivity contribution >= 4 is 10.8 Å². The second-order valence-electron chi connectivity index (χ2n) is 7.68. The molecule has 4 rings (SSSR count). The van der Waals surface area contributed by atoms with Gasteiger partial charge in [-0.25, -0.2) is 4.39 Å². The molecule has 1 atom stereocenters. The number of nitrogens with one attached hydrogen (secondary N) is 1. The van der Waals surface area contributed by atoms with Crippen molar-refractivity contribution in [1.29, 1.82) is 0 Å². The van der Waals surface area contributed by atoms with Crippen LogP contribution in [-0.2, 0) is 6.54 Å². The predicted octanol–water partition coefficient (Wildman–Crippen LogP) is 6.76. The van der Waals surface area contributed by atoms with E-state index in [4.69, 9.17) is 0 Å². The molecule has 0 spiro atoms. The zero-order valence-corrected chi connectivity index (χ0v) is 17.3. The Kier molecular flexibility index (Phi) is 5.62. The van der Waals surface area contributed by atoms with Crippen LogP contribution < -0.4 is 5.32 Å². The quantitative estimate of drug-likeness (QED) is 0.390. The van der Waals surface area contributed by atoms with E-state index in [0.29, 0.717) is 12.1 Å². The van der Waals surface area contributed by atoms with Gasteiger partial charge < -0.3 is 5.32 Å². The molecule has 3 heteroatoms. The summed E-state index contributed by atoms with van der Waals surface area (Å²) in [4.78, 5) is 4.35. The van der Waals surface area contributed by atoms with Gasteiger partial charge in [0.15, 0.2) is 0 Å². The Morgan fingerprint density at radius 3 is 2.67 bits per heavy atom. The van der Waals surface area contributed by atoms with Crippen molar-refractivity contribution in [2.24, 2.45) is 0 Å². The van der Waals surface area contributed by atoms with Crippen molar-refractivity contribution in [1.82, 2.24) is 10.3 Å². The summed E-state index contributed by atoms with van der Waals surface area (Å²) in [6.45, 7) is 8.83. The number of allylic oxidation sites excluding steroid dienone is 1. The number of nitrogens with zero attached hydrogens (tertiary/aromatic N) is 1. The van der Waals surface area contributed by atoms with Gasteiger partial charge >= 0.3 is 0 Å². The average Bonchev–Trinajstić information content (AvgIpc) is 2.77. The number of aryl methyl sites for hydroxylation is 1. The first-order valence-corrected chi connectivity index (χ1v) is 10.1. The lowest BCUT2D eigenvalue weighted by atomic mass is 9.95. The maximum atomic E-state index is 14.1. The van der Waals surface area contributed by atoms with Gasteiger partial charge in [-0.1, -0.05) is 73.7 Å². The Bertz CT molecular complexity index is 1210. The third-order valence-corrected chi connectivity index (χ3v) is 5.64. The van der Waals surface area contributed by atoms with Crippen molar-refractivity contribution in [3.8, 4) is 11.1 Å². The van der Waals surface area contributed by atoms with Crippen LogP contribution in [0, 0.1) is 12.7 Å². The van der Waals surface area contributed by atoms with Crippen LogP contribution in [0.2, 0.25) is 0 Å². The fourth-order valence-corrected chi connectivity index (χ4v) is 3.84. The molecule has 2 nitrogen and oxygen atoms in total. The molecule has 4 aromatic rings. The van der Waals surface area contributed by atoms with Crippen molar-refractivity contribution < 1.29 is 4.39 Å². The predicted molar refractivity (Wildman–Crippen MR) is 123 cm³/mol. The summed E-state index contributed by atoms with van der Waals surface area (Å²) in [7, 11) is 0. The van der Waals surface area contributed by atoms with E-state index >= 15 is 0 Å². The minimum absolute atomic E-state index is 0.123. The van der Waals surface area contributed by atoms with Gasteiger partial charge in [-0.3, -0.25) is 4.98 Å². The Balaban J connectivity index is 1.61. The summed E-state index contributed by atoms with van der Waals surface area (Å²) < 4.78 is 14.1. The van der Waals surface area contributed by atoms with Gasteiger partial charge in [0.2, 0.25) is 0 Å². The molecule has 1 unspecified atom stereocenters. The first-order chi connectivity index (χ1) is 14.5. The van der Waals surface area contributed by atoms with Gasteiger partial charge in [-0.15, -0.1) is 0 Å². The molecule has 150 valence electrons. The van der Waals surface area contributed by atoms with E-state index in [-0.39, 0.29) is 11.7 Å². The number of fused-ring (bicyclic) bond motifs is 1. The molecule has 0 aliphatic rings. The third kappa shape index (κ3) is 3.97. The summed E-state index contributed by atoms with van der Waals surface area (Å²) >= 11 is 0. The SMILES string of the molecule is C=C(NCc1ccc(-c2cccc(C)c2)c2ccncc12)C(C)c1ccccc1F. The second kappa shape index (κ2) is 8.50. The highest BCUT2D eigenvalue weighted by Gasteiger charge is 2.14. The van der Waals surface area contributed by atoms with Crippen molar-refractivity contribution in [2.45, 2.75) is 26.3 Å². The Morgan fingerprint density at radius 1 is 1.03 bits per heavy atom. The molecular weight excluding hydrogens is 371 g/mol. The minimum atomic E-state index is -0.204.